The van der Waals surface area contributed by atoms with Crippen LogP contribution < -0.4 is 20.2 Å². The van der Waals surface area contributed by atoms with E-state index in [4.69, 9.17) is 9.47 Å². The molecule has 10 nitrogen and oxygen atoms in total. The van der Waals surface area contributed by atoms with E-state index >= 15 is 0 Å². The van der Waals surface area contributed by atoms with E-state index in [0.29, 0.717) is 27.5 Å². The molecule has 0 spiro atoms. The second kappa shape index (κ2) is 9.75. The normalized spacial score (nSPS) is 12.5. The van der Waals surface area contributed by atoms with Gasteiger partial charge in [-0.15, -0.1) is 0 Å². The minimum atomic E-state index is -0.681. The Morgan fingerprint density at radius 3 is 2.61 bits per heavy atom. The molecule has 2 heterocycles. The van der Waals surface area contributed by atoms with Gasteiger partial charge in [-0.3, -0.25) is 19.7 Å². The van der Waals surface area contributed by atoms with Crippen molar-refractivity contribution >= 4 is 40.4 Å². The maximum Gasteiger partial charge on any atom is 0.324 e. The molecule has 1 aliphatic rings. The number of carbonyl (C=O) groups excluding carboxylic acids is 2. The molecule has 2 aromatic carbocycles. The third-order valence-corrected chi connectivity index (χ3v) is 5.36. The number of hydrogen-bond donors (Lipinski definition) is 2. The van der Waals surface area contributed by atoms with Crippen LogP contribution in [0.5, 0.6) is 11.5 Å². The van der Waals surface area contributed by atoms with Gasteiger partial charge in [0.05, 0.1) is 16.0 Å². The van der Waals surface area contributed by atoms with E-state index in [9.17, 15) is 19.7 Å². The monoisotopic (exact) mass is 464 g/mol. The molecule has 11 heteroatoms. The van der Waals surface area contributed by atoms with E-state index < -0.39 is 16.7 Å². The number of nitrogens with zero attached hydrogens (tertiary/aromatic N) is 2. The number of hydrazone groups is 1. The Hall–Kier alpha value is -4.51. The summed E-state index contributed by atoms with van der Waals surface area (Å²) in [6, 6.07) is 16.4. The minimum Gasteiger partial charge on any atom is -0.454 e. The summed E-state index contributed by atoms with van der Waals surface area (Å²) in [6.45, 7) is 0.107. The van der Waals surface area contributed by atoms with Crippen molar-refractivity contribution in [2.45, 2.75) is 0 Å². The van der Waals surface area contributed by atoms with Gasteiger partial charge in [0.1, 0.15) is 5.70 Å². The zero-order valence-corrected chi connectivity index (χ0v) is 17.7. The van der Waals surface area contributed by atoms with Crippen molar-refractivity contribution in [3.8, 4) is 11.5 Å². The van der Waals surface area contributed by atoms with E-state index in [-0.39, 0.29) is 17.5 Å². The van der Waals surface area contributed by atoms with Crippen LogP contribution in [0.2, 0.25) is 0 Å². The lowest BCUT2D eigenvalue weighted by Crippen LogP contribution is -2.32. The van der Waals surface area contributed by atoms with E-state index in [1.165, 1.54) is 24.4 Å². The lowest BCUT2D eigenvalue weighted by atomic mass is 10.1. The first-order valence-corrected chi connectivity index (χ1v) is 10.4. The number of thiophene rings is 1. The summed E-state index contributed by atoms with van der Waals surface area (Å²) in [5, 5.41) is 17.2. The van der Waals surface area contributed by atoms with E-state index in [1.807, 2.05) is 0 Å². The zero-order valence-electron chi connectivity index (χ0n) is 16.9. The second-order valence-electron chi connectivity index (χ2n) is 6.62. The number of benzene rings is 2. The number of fused-ring (bicyclic) bond motifs is 1. The molecule has 33 heavy (non-hydrogen) atoms. The number of carbonyl (C=O) groups is 2. The lowest BCUT2D eigenvalue weighted by molar-refractivity contribution is -0.380. The highest BCUT2D eigenvalue weighted by molar-refractivity contribution is 7.16. The van der Waals surface area contributed by atoms with Crippen LogP contribution in [-0.4, -0.2) is 29.7 Å². The van der Waals surface area contributed by atoms with Crippen LogP contribution in [0.3, 0.4) is 0 Å². The summed E-state index contributed by atoms with van der Waals surface area (Å²) in [5.41, 5.74) is 3.23. The first kappa shape index (κ1) is 21.7. The Morgan fingerprint density at radius 1 is 1.06 bits per heavy atom. The molecule has 3 aromatic rings. The zero-order chi connectivity index (χ0) is 23.2. The van der Waals surface area contributed by atoms with Crippen molar-refractivity contribution in [1.29, 1.82) is 0 Å². The van der Waals surface area contributed by atoms with E-state index in [0.717, 1.165) is 11.3 Å². The van der Waals surface area contributed by atoms with Gasteiger partial charge in [0.15, 0.2) is 11.5 Å². The molecule has 2 amide bonds. The Kier molecular flexibility index (Phi) is 6.41. The van der Waals surface area contributed by atoms with Crippen LogP contribution in [-0.2, 0) is 4.79 Å². The van der Waals surface area contributed by atoms with Gasteiger partial charge in [-0.1, -0.05) is 35.6 Å². The molecule has 0 bridgehead atoms. The highest BCUT2D eigenvalue weighted by Crippen LogP contribution is 2.33. The number of ether oxygens (including phenoxy) is 2. The highest BCUT2D eigenvalue weighted by atomic mass is 32.1. The largest absolute Gasteiger partial charge is 0.454 e. The molecule has 4 rings (SSSR count). The standard InChI is InChI=1S/C22H16N4O6S/c27-21(15-4-2-1-3-5-15)24-17(10-14-6-8-18-19(11-14)32-13-31-18)22(28)25-23-12-16-7-9-20(33-16)26(29)30/h1-12H,13H2,(H,24,27)(H,25,28)/b17-10+,23-12-. The smallest absolute Gasteiger partial charge is 0.324 e. The molecule has 0 saturated carbocycles. The minimum absolute atomic E-state index is 0.0405. The fraction of sp³-hybridized carbons (Fsp3) is 0.0455. The summed E-state index contributed by atoms with van der Waals surface area (Å²) in [5.74, 6) is -0.0498. The Labute approximate surface area is 191 Å². The van der Waals surface area contributed by atoms with Crippen molar-refractivity contribution in [3.05, 3.63) is 92.5 Å². The molecule has 0 radical (unpaired) electrons. The number of amides is 2. The number of nitrogens with one attached hydrogen (secondary N) is 2. The third kappa shape index (κ3) is 5.40. The first-order valence-electron chi connectivity index (χ1n) is 9.55. The average molecular weight is 464 g/mol. The van der Waals surface area contributed by atoms with Gasteiger partial charge in [-0.25, -0.2) is 5.43 Å². The van der Waals surface area contributed by atoms with Gasteiger partial charge in [-0.2, -0.15) is 5.10 Å². The number of rotatable bonds is 7. The van der Waals surface area contributed by atoms with Crippen molar-refractivity contribution < 1.29 is 24.0 Å². The van der Waals surface area contributed by atoms with Crippen LogP contribution in [0.15, 0.2) is 71.5 Å². The van der Waals surface area contributed by atoms with Gasteiger partial charge in [0.25, 0.3) is 11.8 Å². The molecule has 0 fully saturated rings. The average Bonchev–Trinajstić information content (AvgIpc) is 3.48. The molecular formula is C22H16N4O6S. The van der Waals surface area contributed by atoms with Crippen LogP contribution in [0.4, 0.5) is 5.00 Å². The van der Waals surface area contributed by atoms with E-state index in [2.05, 4.69) is 15.8 Å². The molecule has 0 aliphatic carbocycles. The fourth-order valence-electron chi connectivity index (χ4n) is 2.84. The predicted molar refractivity (Wildman–Crippen MR) is 121 cm³/mol. The van der Waals surface area contributed by atoms with Crippen LogP contribution >= 0.6 is 11.3 Å². The topological polar surface area (TPSA) is 132 Å². The van der Waals surface area contributed by atoms with E-state index in [1.54, 1.807) is 48.5 Å². The van der Waals surface area contributed by atoms with Gasteiger partial charge >= 0.3 is 5.00 Å². The molecule has 1 aliphatic heterocycles. The molecule has 0 unspecified atom stereocenters. The molecular weight excluding hydrogens is 448 g/mol. The summed E-state index contributed by atoms with van der Waals surface area (Å²) >= 11 is 0.913. The Morgan fingerprint density at radius 2 is 1.85 bits per heavy atom. The lowest BCUT2D eigenvalue weighted by Gasteiger charge is -2.09. The van der Waals surface area contributed by atoms with Gasteiger partial charge in [0, 0.05) is 11.6 Å². The van der Waals surface area contributed by atoms with Crippen LogP contribution in [0.1, 0.15) is 20.8 Å². The first-order chi connectivity index (χ1) is 16.0. The summed E-state index contributed by atoms with van der Waals surface area (Å²) in [7, 11) is 0. The van der Waals surface area contributed by atoms with Crippen LogP contribution in [0, 0.1) is 10.1 Å². The molecule has 0 saturated heterocycles. The fourth-order valence-corrected chi connectivity index (χ4v) is 3.53. The number of hydrogen-bond acceptors (Lipinski definition) is 8. The molecule has 166 valence electrons. The Balaban J connectivity index is 1.54. The van der Waals surface area contributed by atoms with Crippen molar-refractivity contribution in [3.63, 3.8) is 0 Å². The predicted octanol–water partition coefficient (Wildman–Crippen LogP) is 3.31. The van der Waals surface area contributed by atoms with Gasteiger partial charge in [-0.05, 0) is 42.0 Å². The second-order valence-corrected chi connectivity index (χ2v) is 7.72. The number of nitro groups is 1. The van der Waals surface area contributed by atoms with Crippen LogP contribution in [0.25, 0.3) is 6.08 Å². The highest BCUT2D eigenvalue weighted by Gasteiger charge is 2.17. The molecule has 0 atom stereocenters. The van der Waals surface area contributed by atoms with Gasteiger partial charge in [0.2, 0.25) is 6.79 Å². The summed E-state index contributed by atoms with van der Waals surface area (Å²) < 4.78 is 10.6. The van der Waals surface area contributed by atoms with Crippen molar-refractivity contribution in [1.82, 2.24) is 10.7 Å². The quantitative estimate of drug-likeness (QED) is 0.239. The van der Waals surface area contributed by atoms with Crippen molar-refractivity contribution in [2.24, 2.45) is 5.10 Å². The maximum atomic E-state index is 12.8. The summed E-state index contributed by atoms with van der Waals surface area (Å²) in [6.07, 6.45) is 2.76. The SMILES string of the molecule is O=C(N/N=C\c1ccc([N+](=O)[O-])s1)/C(=C\c1ccc2c(c1)OCO2)NC(=O)c1ccccc1. The van der Waals surface area contributed by atoms with Crippen molar-refractivity contribution in [2.75, 3.05) is 6.79 Å². The molecule has 1 aromatic heterocycles. The Bertz CT molecular complexity index is 1270. The summed E-state index contributed by atoms with van der Waals surface area (Å²) in [4.78, 5) is 36.2. The third-order valence-electron chi connectivity index (χ3n) is 4.39. The molecule has 2 N–H and O–H groups in total. The van der Waals surface area contributed by atoms with Gasteiger partial charge < -0.3 is 14.8 Å². The maximum absolute atomic E-state index is 12.8.